The van der Waals surface area contributed by atoms with Gasteiger partial charge in [0.05, 0.1) is 0 Å². The van der Waals surface area contributed by atoms with E-state index in [0.717, 1.165) is 12.8 Å². The summed E-state index contributed by atoms with van der Waals surface area (Å²) in [5.41, 5.74) is 2.89. The Balaban J connectivity index is -0.000000308. The molecule has 0 amide bonds. The van der Waals surface area contributed by atoms with Crippen LogP contribution in [0.2, 0.25) is 51.4 Å². The van der Waals surface area contributed by atoms with Crippen LogP contribution in [0.1, 0.15) is 12.8 Å². The molecule has 0 saturated heterocycles. The average Bonchev–Trinajstić information content (AvgIpc) is 2.87. The molecule has 2 aliphatic carbocycles. The molecular formula is C18H30Cl2HfSi2. The number of allylic oxidation sites excluding steroid dienone is 8. The molecule has 0 aromatic heterocycles. The van der Waals surface area contributed by atoms with Gasteiger partial charge < -0.3 is 24.8 Å². The van der Waals surface area contributed by atoms with Crippen molar-refractivity contribution in [3.63, 3.8) is 0 Å². The fourth-order valence-corrected chi connectivity index (χ4v) is 5.06. The summed E-state index contributed by atoms with van der Waals surface area (Å²) < 4.78 is 0. The summed E-state index contributed by atoms with van der Waals surface area (Å²) >= 11 is 0. The van der Waals surface area contributed by atoms with E-state index in [-0.39, 0.29) is 50.7 Å². The van der Waals surface area contributed by atoms with Gasteiger partial charge in [0, 0.05) is 16.1 Å². The van der Waals surface area contributed by atoms with E-state index < -0.39 is 16.1 Å². The SMILES string of the molecule is C[Si](C)(C)CC1=[C-]CC=C1.C[Si](C)(C)CC1=[C-]CC=C1.[Cl-].[Cl-].[Hf+4]. The van der Waals surface area contributed by atoms with Crippen LogP contribution in [-0.2, 0) is 25.8 Å². The third-order valence-electron chi connectivity index (χ3n) is 2.97. The quantitative estimate of drug-likeness (QED) is 0.342. The summed E-state index contributed by atoms with van der Waals surface area (Å²) in [6.07, 6.45) is 17.6. The van der Waals surface area contributed by atoms with Crippen molar-refractivity contribution in [1.29, 1.82) is 0 Å². The average molecular weight is 552 g/mol. The normalized spacial score (nSPS) is 15.4. The number of hydrogen-bond donors (Lipinski definition) is 0. The van der Waals surface area contributed by atoms with E-state index in [0.29, 0.717) is 0 Å². The van der Waals surface area contributed by atoms with Crippen LogP contribution in [0.15, 0.2) is 35.5 Å². The first-order valence-corrected chi connectivity index (χ1v) is 15.1. The van der Waals surface area contributed by atoms with Crippen LogP contribution in [-0.4, -0.2) is 16.1 Å². The largest absolute Gasteiger partial charge is 4.00 e. The van der Waals surface area contributed by atoms with E-state index in [9.17, 15) is 0 Å². The summed E-state index contributed by atoms with van der Waals surface area (Å²) in [4.78, 5) is 0. The van der Waals surface area contributed by atoms with E-state index >= 15 is 0 Å². The molecular weight excluding hydrogens is 522 g/mol. The number of rotatable bonds is 4. The maximum atomic E-state index is 3.35. The molecule has 2 rings (SSSR count). The van der Waals surface area contributed by atoms with Gasteiger partial charge in [-0.1, -0.05) is 51.4 Å². The van der Waals surface area contributed by atoms with Crippen LogP contribution in [0, 0.1) is 12.2 Å². The van der Waals surface area contributed by atoms with Crippen LogP contribution in [0.5, 0.6) is 0 Å². The van der Waals surface area contributed by atoms with Crippen molar-refractivity contribution in [3.05, 3.63) is 47.6 Å². The van der Waals surface area contributed by atoms with Crippen molar-refractivity contribution in [2.24, 2.45) is 0 Å². The molecule has 2 aliphatic rings. The second kappa shape index (κ2) is 13.1. The van der Waals surface area contributed by atoms with Gasteiger partial charge in [-0.15, -0.1) is 12.8 Å². The smallest absolute Gasteiger partial charge is 1.00 e. The van der Waals surface area contributed by atoms with Crippen LogP contribution in [0.25, 0.3) is 0 Å². The third-order valence-corrected chi connectivity index (χ3v) is 5.86. The molecule has 0 aromatic rings. The number of halogens is 2. The molecule has 0 N–H and O–H groups in total. The molecule has 0 heterocycles. The molecule has 0 unspecified atom stereocenters. The van der Waals surface area contributed by atoms with Crippen LogP contribution < -0.4 is 24.8 Å². The Bertz CT molecular complexity index is 397. The van der Waals surface area contributed by atoms with E-state index in [1.165, 1.54) is 23.2 Å². The van der Waals surface area contributed by atoms with Crippen molar-refractivity contribution in [3.8, 4) is 0 Å². The first kappa shape index (κ1) is 28.6. The molecule has 0 aromatic carbocycles. The fraction of sp³-hybridized carbons (Fsp3) is 0.556. The maximum absolute atomic E-state index is 3.35. The maximum Gasteiger partial charge on any atom is 4.00 e. The molecule has 0 saturated carbocycles. The second-order valence-corrected chi connectivity index (χ2v) is 19.0. The Morgan fingerprint density at radius 1 is 0.739 bits per heavy atom. The molecule has 0 nitrogen and oxygen atoms in total. The third kappa shape index (κ3) is 16.1. The zero-order valence-electron chi connectivity index (χ0n) is 15.4. The van der Waals surface area contributed by atoms with Gasteiger partial charge >= 0.3 is 25.8 Å². The monoisotopic (exact) mass is 552 g/mol. The molecule has 0 aliphatic heterocycles. The Labute approximate surface area is 177 Å². The molecule has 23 heavy (non-hydrogen) atoms. The van der Waals surface area contributed by atoms with Gasteiger partial charge in [0.1, 0.15) is 0 Å². The van der Waals surface area contributed by atoms with E-state index in [1.54, 1.807) is 0 Å². The van der Waals surface area contributed by atoms with Gasteiger partial charge in [-0.25, -0.2) is 23.3 Å². The van der Waals surface area contributed by atoms with Gasteiger partial charge in [-0.05, 0) is 0 Å². The Kier molecular flexibility index (Phi) is 16.3. The minimum absolute atomic E-state index is 0. The number of hydrogen-bond acceptors (Lipinski definition) is 0. The first-order valence-electron chi connectivity index (χ1n) is 7.68. The molecule has 0 radical (unpaired) electrons. The Morgan fingerprint density at radius 3 is 1.22 bits per heavy atom. The van der Waals surface area contributed by atoms with E-state index in [4.69, 9.17) is 0 Å². The minimum atomic E-state index is -0.873. The Hall–Kier alpha value is 0.844. The zero-order chi connectivity index (χ0) is 15.2. The van der Waals surface area contributed by atoms with E-state index in [1.807, 2.05) is 0 Å². The molecule has 0 spiro atoms. The minimum Gasteiger partial charge on any atom is -1.00 e. The molecule has 128 valence electrons. The Morgan fingerprint density at radius 2 is 1.04 bits per heavy atom. The van der Waals surface area contributed by atoms with Gasteiger partial charge in [0.2, 0.25) is 0 Å². The summed E-state index contributed by atoms with van der Waals surface area (Å²) in [5.74, 6) is 0. The summed E-state index contributed by atoms with van der Waals surface area (Å²) in [6.45, 7) is 14.4. The predicted molar refractivity (Wildman–Crippen MR) is 97.3 cm³/mol. The van der Waals surface area contributed by atoms with Crippen molar-refractivity contribution < 1.29 is 50.7 Å². The molecule has 0 atom stereocenters. The second-order valence-electron chi connectivity index (χ2n) is 8.09. The van der Waals surface area contributed by atoms with Crippen molar-refractivity contribution in [2.75, 3.05) is 0 Å². The van der Waals surface area contributed by atoms with Crippen LogP contribution >= 0.6 is 0 Å². The van der Waals surface area contributed by atoms with Gasteiger partial charge in [-0.3, -0.25) is 12.2 Å². The fourth-order valence-electron chi connectivity index (χ4n) is 2.29. The van der Waals surface area contributed by atoms with Crippen molar-refractivity contribution >= 4 is 16.1 Å². The molecule has 5 heteroatoms. The molecule has 0 fully saturated rings. The van der Waals surface area contributed by atoms with Gasteiger partial charge in [0.25, 0.3) is 0 Å². The predicted octanol–water partition coefficient (Wildman–Crippen LogP) is 0.0337. The first-order chi connectivity index (χ1) is 9.16. The van der Waals surface area contributed by atoms with Gasteiger partial charge in [-0.2, -0.15) is 12.2 Å². The standard InChI is InChI=1S/2C9H15Si.2ClH.Hf/c2*1-10(2,3)8-9-6-4-5-7-9;;;/h2*4,6H,5,8H2,1-3H3;2*1H;/q2*-1;;;+4/p-2. The zero-order valence-corrected chi connectivity index (χ0v) is 22.5. The van der Waals surface area contributed by atoms with Crippen LogP contribution in [0.3, 0.4) is 0 Å². The summed E-state index contributed by atoms with van der Waals surface area (Å²) in [6, 6.07) is 2.59. The van der Waals surface area contributed by atoms with Crippen LogP contribution in [0.4, 0.5) is 0 Å². The van der Waals surface area contributed by atoms with Gasteiger partial charge in [0.15, 0.2) is 0 Å². The van der Waals surface area contributed by atoms with Crippen molar-refractivity contribution in [1.82, 2.24) is 0 Å². The topological polar surface area (TPSA) is 0 Å². The molecule has 0 bridgehead atoms. The van der Waals surface area contributed by atoms with Crippen molar-refractivity contribution in [2.45, 2.75) is 64.2 Å². The van der Waals surface area contributed by atoms with E-state index in [2.05, 4.69) is 75.7 Å². The summed E-state index contributed by atoms with van der Waals surface area (Å²) in [5, 5.41) is 0. The summed E-state index contributed by atoms with van der Waals surface area (Å²) in [7, 11) is -1.75.